The molecular weight excluding hydrogens is 552 g/mol. The number of benzene rings is 2. The number of rotatable bonds is 0. The number of ether oxygens (including phenoxy) is 3. The Morgan fingerprint density at radius 1 is 1.07 bits per heavy atom. The van der Waals surface area contributed by atoms with Crippen LogP contribution in [0.5, 0.6) is 11.5 Å². The molecule has 2 bridgehead atoms. The van der Waals surface area contributed by atoms with Crippen LogP contribution in [0.3, 0.4) is 0 Å². The van der Waals surface area contributed by atoms with Crippen LogP contribution in [-0.2, 0) is 25.0 Å². The molecule has 0 saturated heterocycles. The summed E-state index contributed by atoms with van der Waals surface area (Å²) in [7, 11) is -4.16. The molecule has 1 radical (unpaired) electrons. The number of nitrogens with one attached hydrogen (secondary N) is 1. The third kappa shape index (κ3) is 5.08. The van der Waals surface area contributed by atoms with E-state index in [0.717, 1.165) is 37.1 Å². The van der Waals surface area contributed by atoms with Gasteiger partial charge in [0.1, 0.15) is 17.1 Å². The normalized spacial score (nSPS) is 29.9. The number of hydrogen-bond acceptors (Lipinski definition) is 7. The topological polar surface area (TPSA) is 94.2 Å². The number of hydrogen-bond donors (Lipinski definition) is 1. The van der Waals surface area contributed by atoms with Crippen molar-refractivity contribution in [1.82, 2.24) is 4.72 Å². The summed E-state index contributed by atoms with van der Waals surface area (Å²) >= 11 is 6.29. The van der Waals surface area contributed by atoms with E-state index in [-0.39, 0.29) is 16.9 Å². The highest BCUT2D eigenvalue weighted by Crippen LogP contribution is 2.47. The van der Waals surface area contributed by atoms with E-state index in [9.17, 15) is 13.2 Å². The Morgan fingerprint density at radius 2 is 1.93 bits per heavy atom. The van der Waals surface area contributed by atoms with E-state index in [2.05, 4.69) is 16.0 Å². The molecule has 40 heavy (non-hydrogen) atoms. The van der Waals surface area contributed by atoms with Gasteiger partial charge in [-0.1, -0.05) is 29.8 Å². The van der Waals surface area contributed by atoms with Crippen LogP contribution in [-0.4, -0.2) is 52.8 Å². The van der Waals surface area contributed by atoms with E-state index in [1.54, 1.807) is 26.0 Å². The highest BCUT2D eigenvalue weighted by Gasteiger charge is 2.44. The van der Waals surface area contributed by atoms with E-state index in [1.807, 2.05) is 30.4 Å². The first-order valence-corrected chi connectivity index (χ1v) is 15.6. The van der Waals surface area contributed by atoms with Gasteiger partial charge in [-0.3, -0.25) is 4.79 Å². The minimum Gasteiger partial charge on any atom is -0.493 e. The van der Waals surface area contributed by atoms with E-state index >= 15 is 0 Å². The first-order valence-electron chi connectivity index (χ1n) is 13.7. The summed E-state index contributed by atoms with van der Waals surface area (Å²) in [6, 6.07) is 10.6. The molecule has 3 heterocycles. The molecule has 0 unspecified atom stereocenters. The Bertz CT molecular complexity index is 1460. The summed E-state index contributed by atoms with van der Waals surface area (Å²) < 4.78 is 47.2. The lowest BCUT2D eigenvalue weighted by Gasteiger charge is -2.44. The summed E-state index contributed by atoms with van der Waals surface area (Å²) in [6.45, 7) is 5.66. The fourth-order valence-corrected chi connectivity index (χ4v) is 7.31. The van der Waals surface area contributed by atoms with Crippen molar-refractivity contribution in [2.24, 2.45) is 11.8 Å². The first kappa shape index (κ1) is 27.4. The molecule has 4 aliphatic rings. The van der Waals surface area contributed by atoms with Crippen LogP contribution in [0, 0.1) is 18.3 Å². The molecule has 0 aromatic heterocycles. The molecule has 2 aromatic rings. The van der Waals surface area contributed by atoms with E-state index in [0.29, 0.717) is 48.1 Å². The zero-order valence-electron chi connectivity index (χ0n) is 22.7. The molecule has 213 valence electrons. The Hall–Kier alpha value is -2.75. The van der Waals surface area contributed by atoms with Gasteiger partial charge in [0.2, 0.25) is 0 Å². The standard InChI is InChI=1S/C30H34ClN2O6S/c1-29(2)28(34)32-40(35,36)23-9-11-26-25(16-23)33(17-21-7-6-20(21)5-3-4-13-39-29)18-30(19-38-26)12-14-37-27-15-22(31)8-10-24(27)30/h3-5,8-11,15-16,20-21H,6-7,12-14,17-19H2,1-2H3,(H,32,34)/b4-3+/t20-,21+,30+/m1/s1. The number of nitrogens with zero attached hydrogens (tertiary/aromatic N) is 1. The van der Waals surface area contributed by atoms with Gasteiger partial charge in [-0.15, -0.1) is 0 Å². The Kier molecular flexibility index (Phi) is 7.04. The molecule has 2 aromatic carbocycles. The molecule has 1 saturated carbocycles. The van der Waals surface area contributed by atoms with Crippen molar-refractivity contribution in [3.63, 3.8) is 0 Å². The maximum atomic E-state index is 13.4. The van der Waals surface area contributed by atoms with E-state index in [4.69, 9.17) is 25.8 Å². The van der Waals surface area contributed by atoms with Gasteiger partial charge < -0.3 is 19.1 Å². The van der Waals surface area contributed by atoms with E-state index in [1.165, 1.54) is 6.07 Å². The van der Waals surface area contributed by atoms with Crippen LogP contribution >= 0.6 is 11.6 Å². The van der Waals surface area contributed by atoms with Crippen molar-refractivity contribution in [2.45, 2.75) is 49.0 Å². The minimum atomic E-state index is -4.16. The molecule has 1 aliphatic carbocycles. The Morgan fingerprint density at radius 3 is 2.73 bits per heavy atom. The third-order valence-corrected chi connectivity index (χ3v) is 10.2. The molecule has 1 N–H and O–H groups in total. The van der Waals surface area contributed by atoms with Crippen LogP contribution in [0.15, 0.2) is 53.4 Å². The van der Waals surface area contributed by atoms with Crippen molar-refractivity contribution >= 4 is 33.2 Å². The minimum absolute atomic E-state index is 0.00261. The molecule has 1 spiro atoms. The lowest BCUT2D eigenvalue weighted by Crippen LogP contribution is -2.49. The fourth-order valence-electron chi connectivity index (χ4n) is 6.03. The fraction of sp³-hybridized carbons (Fsp3) is 0.467. The van der Waals surface area contributed by atoms with Gasteiger partial charge in [0.05, 0.1) is 35.8 Å². The molecule has 8 nitrogen and oxygen atoms in total. The van der Waals surface area contributed by atoms with Crippen molar-refractivity contribution in [3.05, 3.63) is 65.6 Å². The zero-order chi connectivity index (χ0) is 28.1. The maximum absolute atomic E-state index is 13.4. The highest BCUT2D eigenvalue weighted by atomic mass is 35.5. The number of fused-ring (bicyclic) bond motifs is 4. The molecule has 1 amide bonds. The summed E-state index contributed by atoms with van der Waals surface area (Å²) in [6.07, 6.45) is 9.01. The van der Waals surface area contributed by atoms with Crippen LogP contribution in [0.2, 0.25) is 5.02 Å². The highest BCUT2D eigenvalue weighted by molar-refractivity contribution is 7.90. The number of carbonyl (C=O) groups excluding carboxylic acids is 1. The Labute approximate surface area is 240 Å². The second-order valence-corrected chi connectivity index (χ2v) is 13.8. The quantitative estimate of drug-likeness (QED) is 0.480. The third-order valence-electron chi connectivity index (χ3n) is 8.67. The number of sulfonamides is 1. The molecule has 10 heteroatoms. The smallest absolute Gasteiger partial charge is 0.265 e. The van der Waals surface area contributed by atoms with Crippen LogP contribution in [0.4, 0.5) is 5.69 Å². The van der Waals surface area contributed by atoms with Crippen LogP contribution < -0.4 is 19.1 Å². The monoisotopic (exact) mass is 585 g/mol. The van der Waals surface area contributed by atoms with E-state index < -0.39 is 21.5 Å². The predicted octanol–water partition coefficient (Wildman–Crippen LogP) is 4.66. The van der Waals surface area contributed by atoms with Crippen molar-refractivity contribution in [1.29, 1.82) is 0 Å². The summed E-state index contributed by atoms with van der Waals surface area (Å²) in [5, 5.41) is 0.616. The lowest BCUT2D eigenvalue weighted by atomic mass is 9.71. The Balaban J connectivity index is 1.43. The van der Waals surface area contributed by atoms with Crippen molar-refractivity contribution < 1.29 is 27.4 Å². The van der Waals surface area contributed by atoms with Gasteiger partial charge in [-0.25, -0.2) is 13.1 Å². The summed E-state index contributed by atoms with van der Waals surface area (Å²) in [5.74, 6) is 1.46. The largest absolute Gasteiger partial charge is 0.493 e. The summed E-state index contributed by atoms with van der Waals surface area (Å²) in [4.78, 5) is 15.2. The van der Waals surface area contributed by atoms with Gasteiger partial charge >= 0.3 is 0 Å². The molecule has 6 rings (SSSR count). The van der Waals surface area contributed by atoms with Gasteiger partial charge in [0.25, 0.3) is 15.9 Å². The van der Waals surface area contributed by atoms with Gasteiger partial charge in [-0.05, 0) is 81.7 Å². The maximum Gasteiger partial charge on any atom is 0.265 e. The zero-order valence-corrected chi connectivity index (χ0v) is 24.3. The second-order valence-electron chi connectivity index (χ2n) is 11.7. The molecular formula is C30H34ClN2O6S. The summed E-state index contributed by atoms with van der Waals surface area (Å²) in [5.41, 5.74) is 0.0540. The first-order chi connectivity index (χ1) is 19.1. The number of anilines is 1. The average Bonchev–Trinajstić information content (AvgIpc) is 3.05. The van der Waals surface area contributed by atoms with Crippen LogP contribution in [0.1, 0.15) is 38.7 Å². The molecule has 1 fully saturated rings. The van der Waals surface area contributed by atoms with Crippen molar-refractivity contribution in [3.8, 4) is 11.5 Å². The number of carbonyl (C=O) groups is 1. The van der Waals surface area contributed by atoms with Gasteiger partial charge in [0, 0.05) is 23.7 Å². The SMILES string of the molecule is CC1(C)OC/C=C/[CH][C@@H]2CC[C@H]2CN2C[C@@]3(CCOc4cc(Cl)ccc43)COc3ccc(cc32)S(=O)(=O)NC1=O. The predicted molar refractivity (Wildman–Crippen MR) is 152 cm³/mol. The number of allylic oxidation sites excluding steroid dienone is 1. The van der Waals surface area contributed by atoms with Crippen LogP contribution in [0.25, 0.3) is 0 Å². The average molecular weight is 586 g/mol. The van der Waals surface area contributed by atoms with Gasteiger partial charge in [0.15, 0.2) is 0 Å². The van der Waals surface area contributed by atoms with Gasteiger partial charge in [-0.2, -0.15) is 0 Å². The number of amides is 1. The lowest BCUT2D eigenvalue weighted by molar-refractivity contribution is -0.139. The second kappa shape index (κ2) is 10.3. The number of halogens is 1. The molecule has 3 atom stereocenters. The van der Waals surface area contributed by atoms with Crippen molar-refractivity contribution in [2.75, 3.05) is 37.8 Å². The molecule has 3 aliphatic heterocycles.